The summed E-state index contributed by atoms with van der Waals surface area (Å²) in [4.78, 5) is 19.4. The number of nitrogens with zero attached hydrogens (tertiary/aromatic N) is 2. The van der Waals surface area contributed by atoms with Crippen LogP contribution < -0.4 is 10.2 Å². The Morgan fingerprint density at radius 2 is 1.41 bits per heavy atom. The van der Waals surface area contributed by atoms with E-state index in [0.29, 0.717) is 12.3 Å². The summed E-state index contributed by atoms with van der Waals surface area (Å²) in [7, 11) is 5.43. The van der Waals surface area contributed by atoms with E-state index in [-0.39, 0.29) is 5.97 Å². The lowest BCUT2D eigenvalue weighted by molar-refractivity contribution is -0.142. The Labute approximate surface area is 223 Å². The SMILES string of the molecule is COC(=O)[C@@H](CSC(c1ccccc1)(c1ccccc1)c1ccccc1)NCc1cc(N(C)C)ccn1. The van der Waals surface area contributed by atoms with Gasteiger partial charge in [-0.3, -0.25) is 15.1 Å². The second-order valence-corrected chi connectivity index (χ2v) is 10.2. The molecule has 0 radical (unpaired) electrons. The molecule has 0 fully saturated rings. The van der Waals surface area contributed by atoms with Crippen LogP contribution in [0.1, 0.15) is 22.4 Å². The number of carbonyl (C=O) groups is 1. The van der Waals surface area contributed by atoms with E-state index >= 15 is 0 Å². The number of thioether (sulfide) groups is 1. The van der Waals surface area contributed by atoms with E-state index in [1.54, 1.807) is 18.0 Å². The van der Waals surface area contributed by atoms with E-state index in [4.69, 9.17) is 4.74 Å². The van der Waals surface area contributed by atoms with Crippen molar-refractivity contribution in [2.75, 3.05) is 31.9 Å². The number of ether oxygens (including phenoxy) is 1. The van der Waals surface area contributed by atoms with E-state index < -0.39 is 10.8 Å². The molecule has 0 aliphatic heterocycles. The Balaban J connectivity index is 1.68. The molecule has 0 aliphatic carbocycles. The first-order chi connectivity index (χ1) is 18.0. The average molecular weight is 512 g/mol. The van der Waals surface area contributed by atoms with Crippen LogP contribution in [0.25, 0.3) is 0 Å². The molecule has 0 saturated carbocycles. The van der Waals surface area contributed by atoms with E-state index in [0.717, 1.165) is 28.1 Å². The topological polar surface area (TPSA) is 54.5 Å². The van der Waals surface area contributed by atoms with E-state index in [1.165, 1.54) is 7.11 Å². The van der Waals surface area contributed by atoms with Gasteiger partial charge in [0.25, 0.3) is 0 Å². The molecular formula is C31H33N3O2S. The number of hydrogen-bond donors (Lipinski definition) is 1. The van der Waals surface area contributed by atoms with Crippen LogP contribution in [0.2, 0.25) is 0 Å². The highest BCUT2D eigenvalue weighted by Crippen LogP contribution is 2.48. The molecule has 1 atom stereocenters. The normalized spacial score (nSPS) is 12.1. The maximum atomic E-state index is 12.9. The maximum absolute atomic E-state index is 12.9. The molecule has 190 valence electrons. The summed E-state index contributed by atoms with van der Waals surface area (Å²) in [6.45, 7) is 0.455. The molecule has 0 unspecified atom stereocenters. The number of carbonyl (C=O) groups excluding carboxylic acids is 1. The van der Waals surface area contributed by atoms with Crippen LogP contribution in [0.5, 0.6) is 0 Å². The third-order valence-electron chi connectivity index (χ3n) is 6.34. The molecule has 1 heterocycles. The number of pyridine rings is 1. The van der Waals surface area contributed by atoms with Gasteiger partial charge in [-0.1, -0.05) is 91.0 Å². The molecule has 5 nitrogen and oxygen atoms in total. The number of anilines is 1. The Kier molecular flexibility index (Phi) is 8.99. The third-order valence-corrected chi connectivity index (χ3v) is 7.98. The van der Waals surface area contributed by atoms with Crippen molar-refractivity contribution in [2.45, 2.75) is 17.3 Å². The molecule has 0 aliphatic rings. The predicted octanol–water partition coefficient (Wildman–Crippen LogP) is 5.50. The number of esters is 1. The van der Waals surface area contributed by atoms with Crippen molar-refractivity contribution in [2.24, 2.45) is 0 Å². The smallest absolute Gasteiger partial charge is 0.323 e. The summed E-state index contributed by atoms with van der Waals surface area (Å²) in [6, 6.07) is 34.9. The molecule has 0 spiro atoms. The molecule has 4 aromatic rings. The van der Waals surface area contributed by atoms with Gasteiger partial charge in [0.15, 0.2) is 0 Å². The highest BCUT2D eigenvalue weighted by Gasteiger charge is 2.38. The van der Waals surface area contributed by atoms with Crippen LogP contribution in [0.15, 0.2) is 109 Å². The van der Waals surface area contributed by atoms with E-state index in [9.17, 15) is 4.79 Å². The van der Waals surface area contributed by atoms with Gasteiger partial charge in [-0.15, -0.1) is 11.8 Å². The van der Waals surface area contributed by atoms with E-state index in [1.807, 2.05) is 49.3 Å². The molecule has 6 heteroatoms. The highest BCUT2D eigenvalue weighted by molar-refractivity contribution is 8.00. The van der Waals surface area contributed by atoms with Gasteiger partial charge in [-0.2, -0.15) is 0 Å². The molecule has 0 saturated heterocycles. The number of aromatic nitrogens is 1. The van der Waals surface area contributed by atoms with Gasteiger partial charge in [0, 0.05) is 38.3 Å². The fourth-order valence-electron chi connectivity index (χ4n) is 4.40. The highest BCUT2D eigenvalue weighted by atomic mass is 32.2. The quantitative estimate of drug-likeness (QED) is 0.212. The van der Waals surface area contributed by atoms with Crippen LogP contribution in [0, 0.1) is 0 Å². The molecule has 37 heavy (non-hydrogen) atoms. The fraction of sp³-hybridized carbons (Fsp3) is 0.226. The Morgan fingerprint density at radius 1 is 0.892 bits per heavy atom. The summed E-state index contributed by atoms with van der Waals surface area (Å²) in [6.07, 6.45) is 1.79. The van der Waals surface area contributed by atoms with Gasteiger partial charge in [-0.25, -0.2) is 0 Å². The summed E-state index contributed by atoms with van der Waals surface area (Å²) in [5.41, 5.74) is 5.39. The number of hydrogen-bond acceptors (Lipinski definition) is 6. The Hall–Kier alpha value is -3.61. The van der Waals surface area contributed by atoms with Crippen molar-refractivity contribution >= 4 is 23.4 Å². The molecule has 1 N–H and O–H groups in total. The van der Waals surface area contributed by atoms with E-state index in [2.05, 4.69) is 83.1 Å². The third kappa shape index (κ3) is 6.21. The van der Waals surface area contributed by atoms with Crippen LogP contribution in [0.3, 0.4) is 0 Å². The molecule has 3 aromatic carbocycles. The minimum absolute atomic E-state index is 0.292. The second-order valence-electron chi connectivity index (χ2n) is 8.95. The molecular weight excluding hydrogens is 478 g/mol. The Bertz CT molecular complexity index is 1170. The summed E-state index contributed by atoms with van der Waals surface area (Å²) >= 11 is 1.73. The van der Waals surface area contributed by atoms with Gasteiger partial charge >= 0.3 is 5.97 Å². The summed E-state index contributed by atoms with van der Waals surface area (Å²) in [5.74, 6) is 0.206. The van der Waals surface area contributed by atoms with Crippen LogP contribution in [-0.2, 0) is 20.8 Å². The van der Waals surface area contributed by atoms with Crippen LogP contribution in [-0.4, -0.2) is 44.0 Å². The lowest BCUT2D eigenvalue weighted by Gasteiger charge is -2.36. The average Bonchev–Trinajstić information content (AvgIpc) is 2.96. The van der Waals surface area contributed by atoms with Crippen LogP contribution in [0.4, 0.5) is 5.69 Å². The lowest BCUT2D eigenvalue weighted by Crippen LogP contribution is -2.41. The van der Waals surface area contributed by atoms with Gasteiger partial charge in [0.1, 0.15) is 6.04 Å². The zero-order valence-corrected chi connectivity index (χ0v) is 22.3. The molecule has 4 rings (SSSR count). The monoisotopic (exact) mass is 511 g/mol. The summed E-state index contributed by atoms with van der Waals surface area (Å²) < 4.78 is 4.69. The zero-order chi connectivity index (χ0) is 26.1. The lowest BCUT2D eigenvalue weighted by atomic mass is 9.84. The number of methoxy groups -OCH3 is 1. The molecule has 1 aromatic heterocycles. The standard InChI is InChI=1S/C31H33N3O2S/c1-34(2)28-19-20-32-27(21-28)22-33-29(30(35)36-3)23-37-31(24-13-7-4-8-14-24,25-15-9-5-10-16-25)26-17-11-6-12-18-26/h4-21,29,33H,22-23H2,1-3H3/t29-/m1/s1. The first kappa shape index (κ1) is 26.5. The first-order valence-electron chi connectivity index (χ1n) is 12.3. The number of nitrogens with one attached hydrogen (secondary N) is 1. The van der Waals surface area contributed by atoms with Crippen molar-refractivity contribution in [3.63, 3.8) is 0 Å². The number of rotatable bonds is 11. The van der Waals surface area contributed by atoms with Crippen molar-refractivity contribution in [3.05, 3.63) is 132 Å². The maximum Gasteiger partial charge on any atom is 0.323 e. The van der Waals surface area contributed by atoms with Crippen molar-refractivity contribution in [3.8, 4) is 0 Å². The minimum atomic E-state index is -0.518. The number of benzene rings is 3. The van der Waals surface area contributed by atoms with Crippen LogP contribution >= 0.6 is 11.8 Å². The van der Waals surface area contributed by atoms with Crippen molar-refractivity contribution in [1.82, 2.24) is 10.3 Å². The first-order valence-corrected chi connectivity index (χ1v) is 13.3. The van der Waals surface area contributed by atoms with Gasteiger partial charge < -0.3 is 9.64 Å². The molecule has 0 amide bonds. The van der Waals surface area contributed by atoms with Gasteiger partial charge in [0.05, 0.1) is 17.6 Å². The minimum Gasteiger partial charge on any atom is -0.468 e. The Morgan fingerprint density at radius 3 is 1.86 bits per heavy atom. The fourth-order valence-corrected chi connectivity index (χ4v) is 5.98. The van der Waals surface area contributed by atoms with Gasteiger partial charge in [0.2, 0.25) is 0 Å². The predicted molar refractivity (Wildman–Crippen MR) is 153 cm³/mol. The zero-order valence-electron chi connectivity index (χ0n) is 21.5. The van der Waals surface area contributed by atoms with Gasteiger partial charge in [-0.05, 0) is 28.8 Å². The van der Waals surface area contributed by atoms with Crippen molar-refractivity contribution in [1.29, 1.82) is 0 Å². The molecule has 0 bridgehead atoms. The summed E-state index contributed by atoms with van der Waals surface area (Å²) in [5, 5.41) is 3.40. The second kappa shape index (κ2) is 12.6. The van der Waals surface area contributed by atoms with Crippen molar-refractivity contribution < 1.29 is 9.53 Å². The largest absolute Gasteiger partial charge is 0.468 e.